The zero-order chi connectivity index (χ0) is 11.4. The first-order valence-corrected chi connectivity index (χ1v) is 5.70. The highest BCUT2D eigenvalue weighted by molar-refractivity contribution is 5.80. The van der Waals surface area contributed by atoms with Gasteiger partial charge in [0.25, 0.3) is 0 Å². The predicted molar refractivity (Wildman–Crippen MR) is 61.7 cm³/mol. The molecule has 0 aromatic heterocycles. The lowest BCUT2D eigenvalue weighted by Gasteiger charge is -2.36. The molecule has 3 unspecified atom stereocenters. The molecule has 0 aromatic rings. The second kappa shape index (κ2) is 5.47. The Balaban J connectivity index is 2.41. The molecule has 4 nitrogen and oxygen atoms in total. The minimum absolute atomic E-state index is 0.0705. The number of likely N-dealkylation sites (N-methyl/N-ethyl adjacent to an activating group) is 1. The van der Waals surface area contributed by atoms with E-state index < -0.39 is 0 Å². The van der Waals surface area contributed by atoms with Crippen LogP contribution >= 0.6 is 0 Å². The van der Waals surface area contributed by atoms with Crippen LogP contribution in [0.5, 0.6) is 0 Å². The standard InChI is InChI=1S/C11H23N3O/c1-8-7-14(4)6-5-10(8)13-9(2)11(15)12-3/h8-10,13H,5-7H2,1-4H3,(H,12,15). The van der Waals surface area contributed by atoms with E-state index in [2.05, 4.69) is 29.5 Å². The number of nitrogens with zero attached hydrogens (tertiary/aromatic N) is 1. The maximum absolute atomic E-state index is 11.4. The molecule has 1 aliphatic heterocycles. The molecule has 0 spiro atoms. The second-order valence-corrected chi connectivity index (χ2v) is 4.64. The van der Waals surface area contributed by atoms with Gasteiger partial charge in [-0.2, -0.15) is 0 Å². The number of carbonyl (C=O) groups is 1. The average Bonchev–Trinajstić information content (AvgIpc) is 2.20. The Morgan fingerprint density at radius 2 is 2.20 bits per heavy atom. The van der Waals surface area contributed by atoms with Gasteiger partial charge in [0.1, 0.15) is 0 Å². The largest absolute Gasteiger partial charge is 0.358 e. The van der Waals surface area contributed by atoms with E-state index in [4.69, 9.17) is 0 Å². The third kappa shape index (κ3) is 3.47. The summed E-state index contributed by atoms with van der Waals surface area (Å²) < 4.78 is 0. The van der Waals surface area contributed by atoms with Crippen molar-refractivity contribution < 1.29 is 4.79 Å². The highest BCUT2D eigenvalue weighted by Gasteiger charge is 2.26. The number of hydrogen-bond donors (Lipinski definition) is 2. The van der Waals surface area contributed by atoms with E-state index in [1.165, 1.54) is 0 Å². The Kier molecular flexibility index (Phi) is 4.54. The van der Waals surface area contributed by atoms with E-state index in [9.17, 15) is 4.79 Å². The van der Waals surface area contributed by atoms with Crippen LogP contribution in [0.25, 0.3) is 0 Å². The van der Waals surface area contributed by atoms with Crippen molar-refractivity contribution in [3.8, 4) is 0 Å². The van der Waals surface area contributed by atoms with Crippen molar-refractivity contribution in [2.45, 2.75) is 32.4 Å². The van der Waals surface area contributed by atoms with Crippen LogP contribution in [0.3, 0.4) is 0 Å². The Labute approximate surface area is 92.4 Å². The molecule has 1 amide bonds. The van der Waals surface area contributed by atoms with Crippen LogP contribution in [-0.2, 0) is 4.79 Å². The third-order valence-electron chi connectivity index (χ3n) is 3.21. The summed E-state index contributed by atoms with van der Waals surface area (Å²) in [5.74, 6) is 0.678. The maximum atomic E-state index is 11.4. The van der Waals surface area contributed by atoms with Crippen LogP contribution in [0.1, 0.15) is 20.3 Å². The fourth-order valence-corrected chi connectivity index (χ4v) is 2.22. The van der Waals surface area contributed by atoms with Gasteiger partial charge in [-0.1, -0.05) is 6.92 Å². The van der Waals surface area contributed by atoms with E-state index in [-0.39, 0.29) is 11.9 Å². The van der Waals surface area contributed by atoms with Gasteiger partial charge in [0, 0.05) is 19.6 Å². The summed E-state index contributed by atoms with van der Waals surface area (Å²) in [6, 6.07) is 0.374. The van der Waals surface area contributed by atoms with Crippen LogP contribution in [0.4, 0.5) is 0 Å². The number of carbonyl (C=O) groups excluding carboxylic acids is 1. The molecule has 1 aliphatic rings. The molecule has 0 saturated carbocycles. The van der Waals surface area contributed by atoms with Crippen LogP contribution in [0.15, 0.2) is 0 Å². The molecule has 0 aromatic carbocycles. The molecule has 15 heavy (non-hydrogen) atoms. The molecule has 1 rings (SSSR count). The Bertz CT molecular complexity index is 220. The van der Waals surface area contributed by atoms with Crippen molar-refractivity contribution in [2.75, 3.05) is 27.2 Å². The quantitative estimate of drug-likeness (QED) is 0.696. The van der Waals surface area contributed by atoms with Gasteiger partial charge in [-0.25, -0.2) is 0 Å². The number of likely N-dealkylation sites (tertiary alicyclic amines) is 1. The lowest BCUT2D eigenvalue weighted by atomic mass is 9.93. The third-order valence-corrected chi connectivity index (χ3v) is 3.21. The van der Waals surface area contributed by atoms with Gasteiger partial charge in [-0.3, -0.25) is 4.79 Å². The summed E-state index contributed by atoms with van der Waals surface area (Å²) in [6.07, 6.45) is 1.12. The van der Waals surface area contributed by atoms with E-state index in [1.807, 2.05) is 6.92 Å². The highest BCUT2D eigenvalue weighted by atomic mass is 16.2. The first kappa shape index (κ1) is 12.5. The van der Waals surface area contributed by atoms with Gasteiger partial charge >= 0.3 is 0 Å². The van der Waals surface area contributed by atoms with Crippen molar-refractivity contribution >= 4 is 5.91 Å². The Morgan fingerprint density at radius 1 is 1.53 bits per heavy atom. The lowest BCUT2D eigenvalue weighted by Crippen LogP contribution is -2.53. The summed E-state index contributed by atoms with van der Waals surface area (Å²) in [7, 11) is 3.83. The van der Waals surface area contributed by atoms with Gasteiger partial charge in [0.05, 0.1) is 6.04 Å². The van der Waals surface area contributed by atoms with Crippen molar-refractivity contribution in [3.63, 3.8) is 0 Å². The monoisotopic (exact) mass is 213 g/mol. The molecule has 0 radical (unpaired) electrons. The topological polar surface area (TPSA) is 44.4 Å². The SMILES string of the molecule is CNC(=O)C(C)NC1CCN(C)CC1C. The fraction of sp³-hybridized carbons (Fsp3) is 0.909. The zero-order valence-electron chi connectivity index (χ0n) is 10.2. The normalized spacial score (nSPS) is 29.9. The summed E-state index contributed by atoms with van der Waals surface area (Å²) in [6.45, 7) is 6.38. The molecule has 1 fully saturated rings. The number of hydrogen-bond acceptors (Lipinski definition) is 3. The zero-order valence-corrected chi connectivity index (χ0v) is 10.2. The minimum atomic E-state index is -0.0918. The molecular formula is C11H23N3O. The molecule has 88 valence electrons. The van der Waals surface area contributed by atoms with Gasteiger partial charge in [-0.15, -0.1) is 0 Å². The van der Waals surface area contributed by atoms with Gasteiger partial charge in [-0.05, 0) is 32.9 Å². The number of rotatable bonds is 3. The molecule has 1 heterocycles. The van der Waals surface area contributed by atoms with Crippen LogP contribution in [-0.4, -0.2) is 50.1 Å². The fourth-order valence-electron chi connectivity index (χ4n) is 2.22. The van der Waals surface area contributed by atoms with E-state index in [0.717, 1.165) is 19.5 Å². The lowest BCUT2D eigenvalue weighted by molar-refractivity contribution is -0.122. The first-order chi connectivity index (χ1) is 7.04. The van der Waals surface area contributed by atoms with Crippen molar-refractivity contribution in [1.29, 1.82) is 0 Å². The Morgan fingerprint density at radius 3 is 2.73 bits per heavy atom. The molecule has 2 N–H and O–H groups in total. The second-order valence-electron chi connectivity index (χ2n) is 4.64. The van der Waals surface area contributed by atoms with Crippen LogP contribution in [0.2, 0.25) is 0 Å². The van der Waals surface area contributed by atoms with Crippen molar-refractivity contribution in [2.24, 2.45) is 5.92 Å². The molecule has 3 atom stereocenters. The first-order valence-electron chi connectivity index (χ1n) is 5.70. The summed E-state index contributed by atoms with van der Waals surface area (Å²) in [4.78, 5) is 13.7. The molecule has 0 aliphatic carbocycles. The van der Waals surface area contributed by atoms with Gasteiger partial charge in [0.15, 0.2) is 0 Å². The molecular weight excluding hydrogens is 190 g/mol. The van der Waals surface area contributed by atoms with Crippen molar-refractivity contribution in [3.05, 3.63) is 0 Å². The highest BCUT2D eigenvalue weighted by Crippen LogP contribution is 2.15. The number of piperidine rings is 1. The average molecular weight is 213 g/mol. The van der Waals surface area contributed by atoms with Gasteiger partial charge in [0.2, 0.25) is 5.91 Å². The summed E-state index contributed by atoms with van der Waals surface area (Å²) in [5, 5.41) is 6.07. The molecule has 1 saturated heterocycles. The number of nitrogens with one attached hydrogen (secondary N) is 2. The summed E-state index contributed by atoms with van der Waals surface area (Å²) >= 11 is 0. The minimum Gasteiger partial charge on any atom is -0.358 e. The molecule has 0 bridgehead atoms. The smallest absolute Gasteiger partial charge is 0.236 e. The molecule has 4 heteroatoms. The Hall–Kier alpha value is -0.610. The van der Waals surface area contributed by atoms with Crippen LogP contribution < -0.4 is 10.6 Å². The van der Waals surface area contributed by atoms with Crippen LogP contribution in [0, 0.1) is 5.92 Å². The number of amides is 1. The van der Waals surface area contributed by atoms with E-state index in [0.29, 0.717) is 12.0 Å². The van der Waals surface area contributed by atoms with Gasteiger partial charge < -0.3 is 15.5 Å². The summed E-state index contributed by atoms with van der Waals surface area (Å²) in [5.41, 5.74) is 0. The van der Waals surface area contributed by atoms with Crippen molar-refractivity contribution in [1.82, 2.24) is 15.5 Å². The van der Waals surface area contributed by atoms with E-state index >= 15 is 0 Å². The predicted octanol–water partition coefficient (Wildman–Crippen LogP) is 0.0507. The van der Waals surface area contributed by atoms with E-state index in [1.54, 1.807) is 7.05 Å². The maximum Gasteiger partial charge on any atom is 0.236 e.